The van der Waals surface area contributed by atoms with Crippen LogP contribution >= 0.6 is 0 Å². The van der Waals surface area contributed by atoms with Gasteiger partial charge in [-0.2, -0.15) is 0 Å². The molecular formula is C72H90N4O25. The summed E-state index contributed by atoms with van der Waals surface area (Å²) in [5, 5.41) is 46.6. The number of Topliss-reactive ketones (excluding diaryl/α,β-unsaturated/α-hetero) is 2. The molecule has 2 saturated heterocycles. The van der Waals surface area contributed by atoms with E-state index < -0.39 is 141 Å². The molecule has 0 aromatic heterocycles. The van der Waals surface area contributed by atoms with Crippen LogP contribution in [0.15, 0.2) is 120 Å². The number of cyclic esters (lactones) is 1. The lowest BCUT2D eigenvalue weighted by atomic mass is 9.78. The number of ketones is 2. The maximum atomic E-state index is 15.3. The van der Waals surface area contributed by atoms with Gasteiger partial charge >= 0.3 is 24.4 Å². The predicted molar refractivity (Wildman–Crippen MR) is 360 cm³/mol. The van der Waals surface area contributed by atoms with Crippen LogP contribution < -0.4 is 14.2 Å². The first-order chi connectivity index (χ1) is 48.0. The number of carbonyl (C=O) groups is 7. The second-order valence-corrected chi connectivity index (χ2v) is 26.4. The van der Waals surface area contributed by atoms with Crippen LogP contribution in [0, 0.1) is 65.9 Å². The van der Waals surface area contributed by atoms with E-state index in [9.17, 15) is 64.2 Å². The van der Waals surface area contributed by atoms with Crippen LogP contribution in [-0.4, -0.2) is 155 Å². The lowest BCUT2D eigenvalue weighted by Crippen LogP contribution is -2.61. The Hall–Kier alpha value is -9.29. The molecule has 7 rings (SSSR count). The number of carbonyl (C=O) groups excluding carboxylic acids is 7. The summed E-state index contributed by atoms with van der Waals surface area (Å²) in [6.45, 7) is 11.9. The first kappa shape index (κ1) is 79.0. The number of hydrogen-bond donors (Lipinski definition) is 1. The molecule has 3 heterocycles. The number of fused-ring (bicyclic) bond motifs is 3. The van der Waals surface area contributed by atoms with Gasteiger partial charge in [0.1, 0.15) is 41.6 Å². The molecule has 0 spiro atoms. The summed E-state index contributed by atoms with van der Waals surface area (Å²) in [7, 11) is 4.20. The quantitative estimate of drug-likeness (QED) is 0.0281. The summed E-state index contributed by atoms with van der Waals surface area (Å²) >= 11 is 0. The van der Waals surface area contributed by atoms with Crippen LogP contribution in [0.25, 0.3) is 0 Å². The number of methoxy groups -OCH3 is 3. The minimum absolute atomic E-state index is 0.00287. The topological polar surface area (TPSA) is 374 Å². The first-order valence-electron chi connectivity index (χ1n) is 33.7. The Bertz CT molecular complexity index is 3540. The molecule has 3 aromatic rings. The number of aliphatic hydroxyl groups is 1. The Balaban J connectivity index is 1.30. The summed E-state index contributed by atoms with van der Waals surface area (Å²) in [6.07, 6.45) is 1.23. The number of amides is 1. The van der Waals surface area contributed by atoms with Crippen molar-refractivity contribution in [3.63, 3.8) is 0 Å². The van der Waals surface area contributed by atoms with Crippen molar-refractivity contribution in [3.05, 3.63) is 151 Å². The van der Waals surface area contributed by atoms with E-state index >= 15 is 4.79 Å². The van der Waals surface area contributed by atoms with Crippen molar-refractivity contribution in [3.8, 4) is 17.2 Å². The van der Waals surface area contributed by atoms with E-state index in [0.29, 0.717) is 32.1 Å². The molecule has 3 fully saturated rings. The van der Waals surface area contributed by atoms with E-state index in [2.05, 4.69) is 0 Å². The van der Waals surface area contributed by atoms with Gasteiger partial charge in [0.2, 0.25) is 5.79 Å². The molecule has 1 unspecified atom stereocenters. The smallest absolute Gasteiger partial charge is 0.460 e. The lowest BCUT2D eigenvalue weighted by molar-refractivity contribution is -0.385. The molecule has 548 valence electrons. The van der Waals surface area contributed by atoms with Gasteiger partial charge in [0, 0.05) is 94.9 Å². The third-order valence-corrected chi connectivity index (χ3v) is 19.0. The highest BCUT2D eigenvalue weighted by Crippen LogP contribution is 2.40. The third-order valence-electron chi connectivity index (χ3n) is 19.0. The number of esters is 1. The predicted octanol–water partition coefficient (Wildman–Crippen LogP) is 12.4. The standard InChI is InChI=1S/C72H90N4O25/c1-42-16-12-11-13-17-43(2)59(91-8)40-56-27-19-48(7)72(84,101-56)66(78)67(79)73-35-15-14-18-57(73)68(80)97-60(45(4)38-49-20-34-58(62(39-49)92-9)98-69(81)94-53-28-21-50(22-29-53)74(85)86)41-61(99-70(82)95-54-30-23-51(24-31-54)75(87)88)44(3)37-47(6)64(65(93-10)63(77)46(5)36-42)100-71(83)96-55-32-25-52(26-33-55)76(89)90/h11-13,16-17,21-26,28-33,37,42,44-46,48-49,56-62,64-65,84H,14-15,18-20,27,34-36,38-41H2,1-10H3/b13-11+,16-12+,43-17+,47-37+/t42?,44-,45-,46-,48-,49+,56+,57+,58-,59+,60+,61-,62-,64-,65+,72-/m1/s1. The van der Waals surface area contributed by atoms with Crippen LogP contribution in [0.2, 0.25) is 0 Å². The largest absolute Gasteiger partial charge is 0.514 e. The van der Waals surface area contributed by atoms with E-state index in [-0.39, 0.29) is 103 Å². The van der Waals surface area contributed by atoms with Gasteiger partial charge in [0.25, 0.3) is 28.8 Å². The van der Waals surface area contributed by atoms with E-state index in [1.165, 1.54) is 82.9 Å². The number of allylic oxidation sites excluding steroid dienone is 5. The second kappa shape index (κ2) is 36.9. The summed E-state index contributed by atoms with van der Waals surface area (Å²) < 4.78 is 64.8. The molecule has 29 nitrogen and oxygen atoms in total. The summed E-state index contributed by atoms with van der Waals surface area (Å²) in [5.41, 5.74) is 0.104. The lowest BCUT2D eigenvalue weighted by Gasteiger charge is -2.43. The highest BCUT2D eigenvalue weighted by molar-refractivity contribution is 6.39. The fraction of sp³-hybridized carbons (Fsp3) is 0.542. The molecular weight excluding hydrogens is 1320 g/mol. The van der Waals surface area contributed by atoms with Crippen molar-refractivity contribution >= 4 is 59.0 Å². The monoisotopic (exact) mass is 1410 g/mol. The van der Waals surface area contributed by atoms with Crippen LogP contribution in [0.4, 0.5) is 31.4 Å². The molecule has 1 N–H and O–H groups in total. The molecule has 101 heavy (non-hydrogen) atoms. The zero-order chi connectivity index (χ0) is 73.8. The number of piperidine rings is 1. The molecule has 29 heteroatoms. The zero-order valence-corrected chi connectivity index (χ0v) is 58.3. The fourth-order valence-electron chi connectivity index (χ4n) is 13.3. The molecule has 3 aliphatic heterocycles. The van der Waals surface area contributed by atoms with E-state index in [1.807, 2.05) is 32.1 Å². The van der Waals surface area contributed by atoms with Gasteiger partial charge in [-0.25, -0.2) is 19.2 Å². The maximum Gasteiger partial charge on any atom is 0.514 e. The molecule has 1 aliphatic carbocycles. The number of nitro groups is 3. The molecule has 1 amide bonds. The van der Waals surface area contributed by atoms with Crippen molar-refractivity contribution in [2.45, 2.75) is 186 Å². The minimum Gasteiger partial charge on any atom is -0.460 e. The third kappa shape index (κ3) is 21.9. The fourth-order valence-corrected chi connectivity index (χ4v) is 13.3. The van der Waals surface area contributed by atoms with E-state index in [1.54, 1.807) is 39.8 Å². The number of non-ortho nitro benzene ring substituents is 3. The summed E-state index contributed by atoms with van der Waals surface area (Å²) in [5.74, 6) is -10.5. The summed E-state index contributed by atoms with van der Waals surface area (Å²) in [6, 6.07) is 12.6. The van der Waals surface area contributed by atoms with Gasteiger partial charge in [-0.1, -0.05) is 71.1 Å². The normalized spacial score (nSPS) is 30.4. The number of nitrogens with zero attached hydrogens (tertiary/aromatic N) is 4. The molecule has 4 aliphatic rings. The van der Waals surface area contributed by atoms with E-state index in [0.717, 1.165) is 34.7 Å². The van der Waals surface area contributed by atoms with Gasteiger partial charge in [-0.05, 0) is 143 Å². The number of hydrogen-bond acceptors (Lipinski definition) is 25. The van der Waals surface area contributed by atoms with Crippen molar-refractivity contribution in [1.29, 1.82) is 0 Å². The number of rotatable bonds is 15. The minimum atomic E-state index is -2.60. The van der Waals surface area contributed by atoms with Crippen LogP contribution in [0.5, 0.6) is 17.2 Å². The Morgan fingerprint density at radius 3 is 1.71 bits per heavy atom. The van der Waals surface area contributed by atoms with Gasteiger partial charge < -0.3 is 62.1 Å². The Morgan fingerprint density at radius 2 is 1.18 bits per heavy atom. The second-order valence-electron chi connectivity index (χ2n) is 26.4. The highest BCUT2D eigenvalue weighted by Gasteiger charge is 2.53. The summed E-state index contributed by atoms with van der Waals surface area (Å²) in [4.78, 5) is 134. The molecule has 0 radical (unpaired) electrons. The van der Waals surface area contributed by atoms with Gasteiger partial charge in [0.05, 0.1) is 33.1 Å². The molecule has 2 bridgehead atoms. The van der Waals surface area contributed by atoms with Crippen molar-refractivity contribution < 1.29 is 106 Å². The van der Waals surface area contributed by atoms with Gasteiger partial charge in [-0.15, -0.1) is 0 Å². The van der Waals surface area contributed by atoms with Crippen molar-refractivity contribution in [2.24, 2.45) is 35.5 Å². The Kier molecular flexibility index (Phi) is 28.9. The maximum absolute atomic E-state index is 15.3. The highest BCUT2D eigenvalue weighted by atomic mass is 16.7. The average molecular weight is 1410 g/mol. The molecule has 1 saturated carbocycles. The Morgan fingerprint density at radius 1 is 0.624 bits per heavy atom. The van der Waals surface area contributed by atoms with Crippen LogP contribution in [0.3, 0.4) is 0 Å². The van der Waals surface area contributed by atoms with Crippen molar-refractivity contribution in [2.75, 3.05) is 27.9 Å². The van der Waals surface area contributed by atoms with Gasteiger partial charge in [-0.3, -0.25) is 44.7 Å². The first-order valence-corrected chi connectivity index (χ1v) is 33.7. The molecule has 16 atom stereocenters. The Labute approximate surface area is 584 Å². The number of ether oxygens (including phenoxy) is 11. The van der Waals surface area contributed by atoms with Gasteiger partial charge in [0.15, 0.2) is 18.0 Å². The van der Waals surface area contributed by atoms with Crippen LogP contribution in [0.1, 0.15) is 126 Å². The number of nitro benzene ring substituents is 3. The average Bonchev–Trinajstić information content (AvgIpc) is 0.775. The SMILES string of the molecule is CO[C@H]1C[C@@H]2CC[C@@H](C)[C@@](O)(O2)C(=O)C(=O)N2CCCC[C@H]2C(=O)O[C@H]([C@H](C)C[C@@H]2CC[C@@H](OC(=O)Oc3ccc([N+](=O)[O-])cc3)[C@H](OC)C2)C[C@@H](OC(=O)Oc2ccc([N+](=O)[O-])cc2)[C@H](C)/C=C(\C)[C@@H](OC(=O)Oc2ccc([N+](=O)[O-])cc2)[C@@H](OC)C(=O)[C@H](C)CC(C)/C=C/C=C/C=C/1C. The van der Waals surface area contributed by atoms with Crippen molar-refractivity contribution in [1.82, 2.24) is 4.90 Å². The molecule has 3 aromatic carbocycles. The number of benzene rings is 3. The zero-order valence-electron chi connectivity index (χ0n) is 58.3. The van der Waals surface area contributed by atoms with E-state index in [4.69, 9.17) is 52.1 Å². The van der Waals surface area contributed by atoms with Crippen LogP contribution in [-0.2, 0) is 57.1 Å².